The normalized spacial score (nSPS) is 22.3. The van der Waals surface area contributed by atoms with Crippen LogP contribution in [0.3, 0.4) is 0 Å². The van der Waals surface area contributed by atoms with E-state index >= 15 is 0 Å². The molecule has 1 atom stereocenters. The number of carbonyl (C=O) groups excluding carboxylic acids is 2. The molecular formula is C16H19NO3. The SMILES string of the molecule is Cc1ccc2c(c1C)N(CC1CCCCO1)C(=O)C2=O. The number of rotatable bonds is 2. The molecule has 0 radical (unpaired) electrons. The molecule has 2 aliphatic heterocycles. The molecule has 0 aliphatic carbocycles. The quantitative estimate of drug-likeness (QED) is 0.777. The lowest BCUT2D eigenvalue weighted by molar-refractivity contribution is -0.114. The van der Waals surface area contributed by atoms with Gasteiger partial charge in [0.2, 0.25) is 0 Å². The highest BCUT2D eigenvalue weighted by Gasteiger charge is 2.38. The van der Waals surface area contributed by atoms with Crippen LogP contribution in [0.4, 0.5) is 5.69 Å². The van der Waals surface area contributed by atoms with Gasteiger partial charge in [0, 0.05) is 6.61 Å². The zero-order valence-corrected chi connectivity index (χ0v) is 11.9. The first-order valence-corrected chi connectivity index (χ1v) is 7.17. The maximum absolute atomic E-state index is 12.2. The van der Waals surface area contributed by atoms with Crippen LogP contribution in [0.2, 0.25) is 0 Å². The van der Waals surface area contributed by atoms with Crippen molar-refractivity contribution in [3.63, 3.8) is 0 Å². The molecule has 1 unspecified atom stereocenters. The fourth-order valence-electron chi connectivity index (χ4n) is 3.00. The first kappa shape index (κ1) is 13.3. The lowest BCUT2D eigenvalue weighted by Crippen LogP contribution is -2.39. The Morgan fingerprint density at radius 1 is 1.25 bits per heavy atom. The van der Waals surface area contributed by atoms with Gasteiger partial charge in [0.25, 0.3) is 11.7 Å². The average Bonchev–Trinajstić information content (AvgIpc) is 2.70. The van der Waals surface area contributed by atoms with E-state index in [1.54, 1.807) is 11.0 Å². The molecule has 0 aromatic heterocycles. The number of carbonyl (C=O) groups is 2. The minimum absolute atomic E-state index is 0.0476. The number of amides is 1. The van der Waals surface area contributed by atoms with Crippen molar-refractivity contribution in [2.75, 3.05) is 18.1 Å². The van der Waals surface area contributed by atoms with Crippen LogP contribution in [-0.4, -0.2) is 30.9 Å². The summed E-state index contributed by atoms with van der Waals surface area (Å²) in [5.74, 6) is -0.804. The predicted molar refractivity (Wildman–Crippen MR) is 76.2 cm³/mol. The van der Waals surface area contributed by atoms with E-state index in [-0.39, 0.29) is 11.9 Å². The summed E-state index contributed by atoms with van der Waals surface area (Å²) in [7, 11) is 0. The summed E-state index contributed by atoms with van der Waals surface area (Å²) in [6, 6.07) is 3.67. The zero-order valence-electron chi connectivity index (χ0n) is 11.9. The third kappa shape index (κ3) is 2.04. The second-order valence-electron chi connectivity index (χ2n) is 5.64. The Bertz CT molecular complexity index is 573. The van der Waals surface area contributed by atoms with Crippen molar-refractivity contribution >= 4 is 17.4 Å². The molecule has 1 aromatic carbocycles. The van der Waals surface area contributed by atoms with Gasteiger partial charge < -0.3 is 9.64 Å². The van der Waals surface area contributed by atoms with Gasteiger partial charge >= 0.3 is 0 Å². The number of nitrogens with zero attached hydrogens (tertiary/aromatic N) is 1. The number of ketones is 1. The van der Waals surface area contributed by atoms with Crippen LogP contribution >= 0.6 is 0 Å². The number of aryl methyl sites for hydroxylation is 1. The van der Waals surface area contributed by atoms with Gasteiger partial charge in [-0.2, -0.15) is 0 Å². The molecule has 1 aromatic rings. The smallest absolute Gasteiger partial charge is 0.299 e. The van der Waals surface area contributed by atoms with Crippen molar-refractivity contribution in [1.29, 1.82) is 0 Å². The van der Waals surface area contributed by atoms with E-state index in [1.165, 1.54) is 0 Å². The van der Waals surface area contributed by atoms with E-state index in [2.05, 4.69) is 0 Å². The summed E-state index contributed by atoms with van der Waals surface area (Å²) in [5, 5.41) is 0. The molecule has 0 N–H and O–H groups in total. The third-order valence-corrected chi connectivity index (χ3v) is 4.32. The molecule has 0 spiro atoms. The minimum atomic E-state index is -0.414. The molecule has 3 rings (SSSR count). The zero-order chi connectivity index (χ0) is 14.3. The van der Waals surface area contributed by atoms with E-state index < -0.39 is 5.91 Å². The van der Waals surface area contributed by atoms with E-state index in [4.69, 9.17) is 4.74 Å². The number of Topliss-reactive ketones (excluding diaryl/α,β-unsaturated/α-hetero) is 1. The Labute approximate surface area is 118 Å². The van der Waals surface area contributed by atoms with Gasteiger partial charge in [0.1, 0.15) is 0 Å². The summed E-state index contributed by atoms with van der Waals surface area (Å²) < 4.78 is 5.70. The number of fused-ring (bicyclic) bond motifs is 1. The number of hydrogen-bond donors (Lipinski definition) is 0. The Morgan fingerprint density at radius 2 is 2.05 bits per heavy atom. The van der Waals surface area contributed by atoms with Crippen LogP contribution in [0.15, 0.2) is 12.1 Å². The Kier molecular flexibility index (Phi) is 3.34. The Balaban J connectivity index is 1.94. The summed E-state index contributed by atoms with van der Waals surface area (Å²) in [5.41, 5.74) is 3.43. The van der Waals surface area contributed by atoms with E-state index in [9.17, 15) is 9.59 Å². The Hall–Kier alpha value is -1.68. The topological polar surface area (TPSA) is 46.6 Å². The highest BCUT2D eigenvalue weighted by Crippen LogP contribution is 2.34. The van der Waals surface area contributed by atoms with Crippen molar-refractivity contribution in [2.24, 2.45) is 0 Å². The van der Waals surface area contributed by atoms with Crippen molar-refractivity contribution in [3.05, 3.63) is 28.8 Å². The summed E-state index contributed by atoms with van der Waals surface area (Å²) in [6.07, 6.45) is 3.21. The van der Waals surface area contributed by atoms with Crippen LogP contribution in [0, 0.1) is 13.8 Å². The van der Waals surface area contributed by atoms with Gasteiger partial charge in [-0.1, -0.05) is 6.07 Å². The van der Waals surface area contributed by atoms with Gasteiger partial charge in [0.05, 0.1) is 23.9 Å². The molecule has 106 valence electrons. The van der Waals surface area contributed by atoms with E-state index in [0.717, 1.165) is 42.7 Å². The van der Waals surface area contributed by atoms with Gasteiger partial charge in [-0.25, -0.2) is 0 Å². The van der Waals surface area contributed by atoms with Crippen LogP contribution in [0.25, 0.3) is 0 Å². The number of hydrogen-bond acceptors (Lipinski definition) is 3. The first-order valence-electron chi connectivity index (χ1n) is 7.17. The summed E-state index contributed by atoms with van der Waals surface area (Å²) in [4.78, 5) is 25.9. The maximum Gasteiger partial charge on any atom is 0.299 e. The molecule has 20 heavy (non-hydrogen) atoms. The second-order valence-corrected chi connectivity index (χ2v) is 5.64. The molecule has 4 nitrogen and oxygen atoms in total. The second kappa shape index (κ2) is 5.02. The van der Waals surface area contributed by atoms with Crippen LogP contribution in [0.5, 0.6) is 0 Å². The molecular weight excluding hydrogens is 254 g/mol. The van der Waals surface area contributed by atoms with Gasteiger partial charge in [-0.3, -0.25) is 9.59 Å². The first-order chi connectivity index (χ1) is 9.59. The Morgan fingerprint density at radius 3 is 2.75 bits per heavy atom. The predicted octanol–water partition coefficient (Wildman–Crippen LogP) is 2.40. The molecule has 2 aliphatic rings. The van der Waals surface area contributed by atoms with E-state index in [0.29, 0.717) is 12.1 Å². The highest BCUT2D eigenvalue weighted by atomic mass is 16.5. The highest BCUT2D eigenvalue weighted by molar-refractivity contribution is 6.52. The third-order valence-electron chi connectivity index (χ3n) is 4.32. The minimum Gasteiger partial charge on any atom is -0.376 e. The largest absolute Gasteiger partial charge is 0.376 e. The maximum atomic E-state index is 12.2. The van der Waals surface area contributed by atoms with Crippen LogP contribution in [0.1, 0.15) is 40.7 Å². The fraction of sp³-hybridized carbons (Fsp3) is 0.500. The van der Waals surface area contributed by atoms with Crippen molar-refractivity contribution in [2.45, 2.75) is 39.2 Å². The van der Waals surface area contributed by atoms with Crippen LogP contribution < -0.4 is 4.90 Å². The molecule has 1 saturated heterocycles. The molecule has 0 bridgehead atoms. The molecule has 1 amide bonds. The number of ether oxygens (including phenoxy) is 1. The van der Waals surface area contributed by atoms with Crippen molar-refractivity contribution in [3.8, 4) is 0 Å². The van der Waals surface area contributed by atoms with E-state index in [1.807, 2.05) is 19.9 Å². The molecule has 4 heteroatoms. The fourth-order valence-corrected chi connectivity index (χ4v) is 3.00. The monoisotopic (exact) mass is 273 g/mol. The van der Waals surface area contributed by atoms with Crippen molar-refractivity contribution < 1.29 is 14.3 Å². The summed E-state index contributed by atoms with van der Waals surface area (Å²) in [6.45, 7) is 5.20. The van der Waals surface area contributed by atoms with Gasteiger partial charge in [-0.15, -0.1) is 0 Å². The van der Waals surface area contributed by atoms with Gasteiger partial charge in [-0.05, 0) is 50.3 Å². The standard InChI is InChI=1S/C16H19NO3/c1-10-6-7-13-14(11(10)2)17(16(19)15(13)18)9-12-5-3-4-8-20-12/h6-7,12H,3-5,8-9H2,1-2H3. The lowest BCUT2D eigenvalue weighted by atomic mass is 10.0. The molecule has 0 saturated carbocycles. The number of anilines is 1. The number of benzene rings is 1. The summed E-state index contributed by atoms with van der Waals surface area (Å²) >= 11 is 0. The lowest BCUT2D eigenvalue weighted by Gasteiger charge is -2.28. The molecule has 2 heterocycles. The average molecular weight is 273 g/mol. The molecule has 1 fully saturated rings. The van der Waals surface area contributed by atoms with Crippen LogP contribution in [-0.2, 0) is 9.53 Å². The van der Waals surface area contributed by atoms with Gasteiger partial charge in [0.15, 0.2) is 0 Å². The van der Waals surface area contributed by atoms with Crippen molar-refractivity contribution in [1.82, 2.24) is 0 Å².